The second kappa shape index (κ2) is 8.36. The normalized spacial score (nSPS) is 10.8. The molecule has 0 N–H and O–H groups in total. The summed E-state index contributed by atoms with van der Waals surface area (Å²) in [5.74, 6) is -1.19. The van der Waals surface area contributed by atoms with Gasteiger partial charge in [0.15, 0.2) is 5.78 Å². The topological polar surface area (TPSA) is 59.4 Å². The van der Waals surface area contributed by atoms with Gasteiger partial charge in [-0.25, -0.2) is 4.39 Å². The third-order valence-corrected chi connectivity index (χ3v) is 5.15. The average Bonchev–Trinajstić information content (AvgIpc) is 2.80. The Morgan fingerprint density at radius 3 is 2.26 bits per heavy atom. The van der Waals surface area contributed by atoms with Crippen LogP contribution in [-0.2, 0) is 6.54 Å². The van der Waals surface area contributed by atoms with Crippen molar-refractivity contribution in [2.75, 3.05) is 11.9 Å². The molecule has 0 unspecified atom stereocenters. The summed E-state index contributed by atoms with van der Waals surface area (Å²) < 4.78 is 14.6. The Balaban J connectivity index is 1.79. The molecule has 6 heteroatoms. The Hall–Kier alpha value is -4.06. The molecule has 0 bridgehead atoms. The van der Waals surface area contributed by atoms with Gasteiger partial charge in [0, 0.05) is 18.3 Å². The van der Waals surface area contributed by atoms with Crippen LogP contribution in [0.2, 0.25) is 0 Å². The number of carbonyl (C=O) groups is 2. The minimum absolute atomic E-state index is 0.0635. The first-order valence-electron chi connectivity index (χ1n) is 9.70. The fraction of sp³-hybridized carbons (Fsp3) is 0.0800. The zero-order valence-electron chi connectivity index (χ0n) is 16.8. The van der Waals surface area contributed by atoms with Crippen molar-refractivity contribution in [3.63, 3.8) is 0 Å². The molecule has 31 heavy (non-hydrogen) atoms. The van der Waals surface area contributed by atoms with E-state index in [2.05, 4.69) is 0 Å². The average molecular weight is 414 g/mol. The number of rotatable bonds is 5. The molecule has 0 atom stereocenters. The molecule has 0 radical (unpaired) electrons. The van der Waals surface area contributed by atoms with Crippen LogP contribution in [0.4, 0.5) is 10.1 Å². The fourth-order valence-corrected chi connectivity index (χ4v) is 3.46. The summed E-state index contributed by atoms with van der Waals surface area (Å²) >= 11 is 0. The summed E-state index contributed by atoms with van der Waals surface area (Å²) in [6, 6.07) is 22.7. The lowest BCUT2D eigenvalue weighted by molar-refractivity contribution is 0.0963. The molecule has 0 aliphatic rings. The van der Waals surface area contributed by atoms with E-state index in [0.717, 1.165) is 0 Å². The number of aromatic nitrogens is 1. The van der Waals surface area contributed by atoms with Gasteiger partial charge in [0.2, 0.25) is 0 Å². The minimum Gasteiger partial charge on any atom is -0.311 e. The first-order chi connectivity index (χ1) is 15.0. The van der Waals surface area contributed by atoms with Crippen LogP contribution in [0.1, 0.15) is 20.7 Å². The Kier molecular flexibility index (Phi) is 5.45. The summed E-state index contributed by atoms with van der Waals surface area (Å²) in [5.41, 5.74) is 0.885. The molecule has 0 fully saturated rings. The Bertz CT molecular complexity index is 1330. The number of ketones is 1. The van der Waals surface area contributed by atoms with E-state index in [-0.39, 0.29) is 17.9 Å². The molecule has 1 amide bonds. The first kappa shape index (κ1) is 20.2. The zero-order valence-corrected chi connectivity index (χ0v) is 16.8. The summed E-state index contributed by atoms with van der Waals surface area (Å²) in [7, 11) is 1.52. The van der Waals surface area contributed by atoms with Crippen molar-refractivity contribution in [3.8, 4) is 0 Å². The van der Waals surface area contributed by atoms with Crippen molar-refractivity contribution in [2.45, 2.75) is 6.54 Å². The van der Waals surface area contributed by atoms with Crippen LogP contribution in [0.5, 0.6) is 0 Å². The molecule has 4 rings (SSSR count). The van der Waals surface area contributed by atoms with Gasteiger partial charge in [-0.1, -0.05) is 48.5 Å². The maximum Gasteiger partial charge on any atom is 0.264 e. The second-order valence-electron chi connectivity index (χ2n) is 7.14. The molecule has 0 aliphatic carbocycles. The Labute approximate surface area is 178 Å². The SMILES string of the molecule is CN(C(=O)c1cc2ccccc2n(CC(=O)c2ccccc2)c1=O)c1ccc(F)cc1. The molecular formula is C25H19FN2O3. The smallest absolute Gasteiger partial charge is 0.264 e. The second-order valence-corrected chi connectivity index (χ2v) is 7.14. The van der Waals surface area contributed by atoms with Gasteiger partial charge >= 0.3 is 0 Å². The molecule has 0 saturated heterocycles. The van der Waals surface area contributed by atoms with Crippen molar-refractivity contribution in [1.29, 1.82) is 0 Å². The number of hydrogen-bond donors (Lipinski definition) is 0. The number of halogens is 1. The highest BCUT2D eigenvalue weighted by Gasteiger charge is 2.21. The molecule has 1 aromatic heterocycles. The molecule has 0 aliphatic heterocycles. The summed E-state index contributed by atoms with van der Waals surface area (Å²) in [6.07, 6.45) is 0. The van der Waals surface area contributed by atoms with Gasteiger partial charge in [-0.05, 0) is 41.8 Å². The maximum absolute atomic E-state index is 13.3. The van der Waals surface area contributed by atoms with Crippen molar-refractivity contribution in [2.24, 2.45) is 0 Å². The van der Waals surface area contributed by atoms with Gasteiger partial charge in [-0.3, -0.25) is 19.0 Å². The van der Waals surface area contributed by atoms with Crippen LogP contribution in [0.15, 0.2) is 89.7 Å². The summed E-state index contributed by atoms with van der Waals surface area (Å²) in [5, 5.41) is 0.666. The number of carbonyl (C=O) groups excluding carboxylic acids is 2. The minimum atomic E-state index is -0.554. The number of benzene rings is 3. The Morgan fingerprint density at radius 2 is 1.55 bits per heavy atom. The van der Waals surface area contributed by atoms with Crippen LogP contribution in [0.3, 0.4) is 0 Å². The number of fused-ring (bicyclic) bond motifs is 1. The number of hydrogen-bond acceptors (Lipinski definition) is 3. The third-order valence-electron chi connectivity index (χ3n) is 5.15. The highest BCUT2D eigenvalue weighted by Crippen LogP contribution is 2.19. The van der Waals surface area contributed by atoms with Crippen molar-refractivity contribution < 1.29 is 14.0 Å². The highest BCUT2D eigenvalue weighted by atomic mass is 19.1. The third kappa shape index (κ3) is 4.00. The monoisotopic (exact) mass is 414 g/mol. The molecule has 154 valence electrons. The van der Waals surface area contributed by atoms with Gasteiger partial charge in [0.1, 0.15) is 11.4 Å². The van der Waals surface area contributed by atoms with Crippen LogP contribution >= 0.6 is 0 Å². The van der Waals surface area contributed by atoms with Crippen LogP contribution < -0.4 is 10.5 Å². The Morgan fingerprint density at radius 1 is 0.903 bits per heavy atom. The van der Waals surface area contributed by atoms with Crippen LogP contribution in [-0.4, -0.2) is 23.3 Å². The van der Waals surface area contributed by atoms with Gasteiger partial charge in [-0.15, -0.1) is 0 Å². The van der Waals surface area contributed by atoms with Crippen molar-refractivity contribution in [3.05, 3.63) is 112 Å². The van der Waals surface area contributed by atoms with Crippen molar-refractivity contribution in [1.82, 2.24) is 4.57 Å². The number of nitrogens with zero attached hydrogens (tertiary/aromatic N) is 2. The maximum atomic E-state index is 13.3. The largest absolute Gasteiger partial charge is 0.311 e. The standard InChI is InChI=1S/C25H19FN2O3/c1-27(20-13-11-19(26)12-14-20)24(30)21-15-18-9-5-6-10-22(18)28(25(21)31)16-23(29)17-7-3-2-4-8-17/h2-15H,16H2,1H3. The van der Waals surface area contributed by atoms with Crippen LogP contribution in [0, 0.1) is 5.82 Å². The quantitative estimate of drug-likeness (QED) is 0.458. The van der Waals surface area contributed by atoms with E-state index in [1.165, 1.54) is 46.8 Å². The number of Topliss-reactive ketones (excluding diaryl/α,β-unsaturated/α-hetero) is 1. The molecular weight excluding hydrogens is 395 g/mol. The van der Waals surface area contributed by atoms with E-state index in [9.17, 15) is 18.8 Å². The van der Waals surface area contributed by atoms with Gasteiger partial charge in [0.25, 0.3) is 11.5 Å². The zero-order chi connectivity index (χ0) is 22.0. The van der Waals surface area contributed by atoms with E-state index in [1.807, 2.05) is 6.07 Å². The van der Waals surface area contributed by atoms with Crippen molar-refractivity contribution >= 4 is 28.3 Å². The lowest BCUT2D eigenvalue weighted by Crippen LogP contribution is -2.35. The number of pyridine rings is 1. The lowest BCUT2D eigenvalue weighted by atomic mass is 10.1. The first-order valence-corrected chi connectivity index (χ1v) is 9.70. The molecule has 4 aromatic rings. The predicted octanol–water partition coefficient (Wildman–Crippen LogP) is 4.30. The van der Waals surface area contributed by atoms with E-state index in [1.54, 1.807) is 48.5 Å². The summed E-state index contributed by atoms with van der Waals surface area (Å²) in [4.78, 5) is 40.5. The number of anilines is 1. The summed E-state index contributed by atoms with van der Waals surface area (Å²) in [6.45, 7) is -0.190. The van der Waals surface area contributed by atoms with E-state index >= 15 is 0 Å². The van der Waals surface area contributed by atoms with E-state index < -0.39 is 17.3 Å². The van der Waals surface area contributed by atoms with E-state index in [4.69, 9.17) is 0 Å². The van der Waals surface area contributed by atoms with Gasteiger partial charge in [-0.2, -0.15) is 0 Å². The number of amides is 1. The molecule has 0 saturated carbocycles. The molecule has 0 spiro atoms. The van der Waals surface area contributed by atoms with Crippen LogP contribution in [0.25, 0.3) is 10.9 Å². The van der Waals surface area contributed by atoms with E-state index in [0.29, 0.717) is 22.2 Å². The molecule has 1 heterocycles. The fourth-order valence-electron chi connectivity index (χ4n) is 3.46. The van der Waals surface area contributed by atoms with Gasteiger partial charge in [0.05, 0.1) is 12.1 Å². The molecule has 5 nitrogen and oxygen atoms in total. The van der Waals surface area contributed by atoms with Gasteiger partial charge < -0.3 is 4.90 Å². The molecule has 3 aromatic carbocycles. The number of para-hydroxylation sites is 1. The highest BCUT2D eigenvalue weighted by molar-refractivity contribution is 6.07. The predicted molar refractivity (Wildman–Crippen MR) is 118 cm³/mol. The lowest BCUT2D eigenvalue weighted by Gasteiger charge is -2.19.